The molecule has 2 aliphatic rings. The molecular formula is C52H34N4P2. The number of fused-ring (bicyclic) bond motifs is 10. The van der Waals surface area contributed by atoms with Crippen LogP contribution in [-0.4, -0.2) is 9.97 Å². The smallest absolute Gasteiger partial charge is 0.0971 e. The van der Waals surface area contributed by atoms with Gasteiger partial charge >= 0.3 is 0 Å². The number of anilines is 6. The van der Waals surface area contributed by atoms with Gasteiger partial charge in [-0.2, -0.15) is 0 Å². The van der Waals surface area contributed by atoms with E-state index in [0.29, 0.717) is 0 Å². The normalized spacial score (nSPS) is 13.7. The van der Waals surface area contributed by atoms with Crippen molar-refractivity contribution in [1.29, 1.82) is 0 Å². The molecule has 0 radical (unpaired) electrons. The first-order valence-electron chi connectivity index (χ1n) is 19.6. The van der Waals surface area contributed by atoms with Crippen molar-refractivity contribution >= 4 is 114 Å². The van der Waals surface area contributed by atoms with Crippen molar-refractivity contribution in [3.63, 3.8) is 0 Å². The number of rotatable bonds is 4. The minimum atomic E-state index is -0.739. The number of nitrogens with zero attached hydrogens (tertiary/aromatic N) is 4. The third kappa shape index (κ3) is 5.09. The highest BCUT2D eigenvalue weighted by Crippen LogP contribution is 2.51. The Bertz CT molecular complexity index is 2910. The first-order valence-corrected chi connectivity index (χ1v) is 22.3. The van der Waals surface area contributed by atoms with Crippen LogP contribution in [0.15, 0.2) is 207 Å². The average Bonchev–Trinajstić information content (AvgIpc) is 3.30. The predicted octanol–water partition coefficient (Wildman–Crippen LogP) is 11.0. The molecule has 10 aromatic rings. The quantitative estimate of drug-likeness (QED) is 0.132. The van der Waals surface area contributed by atoms with E-state index in [2.05, 4.69) is 204 Å². The fourth-order valence-corrected chi connectivity index (χ4v) is 14.2. The fourth-order valence-electron chi connectivity index (χ4n) is 9.09. The number of benzene rings is 9. The second-order valence-electron chi connectivity index (χ2n) is 14.7. The lowest BCUT2D eigenvalue weighted by atomic mass is 9.97. The molecule has 0 spiro atoms. The minimum absolute atomic E-state index is 0.739. The predicted molar refractivity (Wildman–Crippen MR) is 248 cm³/mol. The third-order valence-electron chi connectivity index (χ3n) is 11.5. The van der Waals surface area contributed by atoms with Crippen molar-refractivity contribution in [1.82, 2.24) is 9.97 Å². The van der Waals surface area contributed by atoms with Crippen LogP contribution in [0.1, 0.15) is 0 Å². The van der Waals surface area contributed by atoms with E-state index in [1.807, 2.05) is 12.4 Å². The van der Waals surface area contributed by atoms with Gasteiger partial charge in [-0.1, -0.05) is 146 Å². The van der Waals surface area contributed by atoms with Gasteiger partial charge in [0, 0.05) is 55.8 Å². The molecule has 0 bridgehead atoms. The van der Waals surface area contributed by atoms with Crippen LogP contribution in [0.4, 0.5) is 34.1 Å². The van der Waals surface area contributed by atoms with Crippen LogP contribution >= 0.6 is 15.8 Å². The van der Waals surface area contributed by atoms with Gasteiger partial charge in [-0.15, -0.1) is 0 Å². The van der Waals surface area contributed by atoms with Crippen LogP contribution in [0.2, 0.25) is 0 Å². The molecular weight excluding hydrogens is 743 g/mol. The molecule has 0 unspecified atom stereocenters. The van der Waals surface area contributed by atoms with E-state index >= 15 is 0 Å². The fraction of sp³-hybridized carbons (Fsp3) is 0. The summed E-state index contributed by atoms with van der Waals surface area (Å²) in [6.45, 7) is 0. The molecule has 6 heteroatoms. The SMILES string of the molecule is c1ccc(P2c3ccccc3N(c3ccc4c(c3)c3cc(N5c6ccccc6P(c6ccccc6)c6ccccc65)ccc3c3nccnc43)c3ccccc32)cc1. The van der Waals surface area contributed by atoms with Crippen LogP contribution in [0.25, 0.3) is 32.6 Å². The van der Waals surface area contributed by atoms with Gasteiger partial charge in [-0.25, -0.2) is 0 Å². The molecule has 2 aliphatic heterocycles. The molecule has 0 N–H and O–H groups in total. The van der Waals surface area contributed by atoms with Crippen LogP contribution in [-0.2, 0) is 0 Å². The largest absolute Gasteiger partial charge is 0.309 e. The highest BCUT2D eigenvalue weighted by molar-refractivity contribution is 7.81. The zero-order chi connectivity index (χ0) is 38.2. The Kier molecular flexibility index (Phi) is 7.76. The van der Waals surface area contributed by atoms with Crippen LogP contribution in [0, 0.1) is 0 Å². The summed E-state index contributed by atoms with van der Waals surface area (Å²) >= 11 is 0. The molecule has 1 aromatic heterocycles. The summed E-state index contributed by atoms with van der Waals surface area (Å²) in [5.41, 5.74) is 8.95. The van der Waals surface area contributed by atoms with Crippen molar-refractivity contribution in [3.8, 4) is 0 Å². The van der Waals surface area contributed by atoms with E-state index in [1.54, 1.807) is 0 Å². The molecule has 9 aromatic carbocycles. The maximum absolute atomic E-state index is 4.94. The Morgan fingerprint density at radius 2 is 0.638 bits per heavy atom. The Morgan fingerprint density at radius 1 is 0.310 bits per heavy atom. The van der Waals surface area contributed by atoms with Crippen molar-refractivity contribution in [2.75, 3.05) is 9.80 Å². The Balaban J connectivity index is 1.09. The van der Waals surface area contributed by atoms with Gasteiger partial charge in [0.05, 0.1) is 33.8 Å². The maximum atomic E-state index is 4.94. The van der Waals surface area contributed by atoms with Crippen molar-refractivity contribution in [2.45, 2.75) is 0 Å². The molecule has 58 heavy (non-hydrogen) atoms. The van der Waals surface area contributed by atoms with Crippen LogP contribution < -0.4 is 41.6 Å². The molecule has 0 aliphatic carbocycles. The second-order valence-corrected chi connectivity index (χ2v) is 19.0. The number of para-hydroxylation sites is 4. The topological polar surface area (TPSA) is 32.3 Å². The van der Waals surface area contributed by atoms with Crippen molar-refractivity contribution in [3.05, 3.63) is 207 Å². The Morgan fingerprint density at radius 3 is 1.00 bits per heavy atom. The lowest BCUT2D eigenvalue weighted by Crippen LogP contribution is -2.33. The lowest BCUT2D eigenvalue weighted by Gasteiger charge is -2.38. The number of aromatic nitrogens is 2. The van der Waals surface area contributed by atoms with E-state index in [4.69, 9.17) is 9.97 Å². The van der Waals surface area contributed by atoms with Gasteiger partial charge in [0.15, 0.2) is 0 Å². The van der Waals surface area contributed by atoms with Crippen molar-refractivity contribution < 1.29 is 0 Å². The summed E-state index contributed by atoms with van der Waals surface area (Å²) in [4.78, 5) is 14.8. The number of hydrogen-bond donors (Lipinski definition) is 0. The van der Waals surface area contributed by atoms with E-state index in [-0.39, 0.29) is 0 Å². The maximum Gasteiger partial charge on any atom is 0.0971 e. The van der Waals surface area contributed by atoms with Crippen molar-refractivity contribution in [2.24, 2.45) is 0 Å². The summed E-state index contributed by atoms with van der Waals surface area (Å²) in [6, 6.07) is 71.6. The molecule has 0 saturated carbocycles. The van der Waals surface area contributed by atoms with Crippen LogP contribution in [0.5, 0.6) is 0 Å². The monoisotopic (exact) mass is 776 g/mol. The zero-order valence-electron chi connectivity index (χ0n) is 31.3. The average molecular weight is 777 g/mol. The summed E-state index contributed by atoms with van der Waals surface area (Å²) in [5, 5.41) is 12.6. The minimum Gasteiger partial charge on any atom is -0.309 e. The third-order valence-corrected chi connectivity index (χ3v) is 16.6. The van der Waals surface area contributed by atoms with Gasteiger partial charge in [0.2, 0.25) is 0 Å². The standard InChI is InChI=1S/C52H34N4P2/c1-3-15-37(16-4-1)57-47-23-11-7-19-43(47)55(44-20-8-12-24-48(44)57)35-27-29-39-41(33-35)42-34-36(28-30-40(42)52-51(39)53-31-32-54-52)56-45-21-9-13-25-49(45)58(38-17-5-2-6-18-38)50-26-14-10-22-46(50)56/h1-34H. The summed E-state index contributed by atoms with van der Waals surface area (Å²) < 4.78 is 0. The molecule has 4 nitrogen and oxygen atoms in total. The van der Waals surface area contributed by atoms with Crippen LogP contribution in [0.3, 0.4) is 0 Å². The summed E-state index contributed by atoms with van der Waals surface area (Å²) in [5.74, 6) is 0. The molecule has 3 heterocycles. The molecule has 0 saturated heterocycles. The lowest BCUT2D eigenvalue weighted by molar-refractivity contribution is 1.29. The first kappa shape index (κ1) is 33.4. The number of hydrogen-bond acceptors (Lipinski definition) is 4. The molecule has 0 fully saturated rings. The van der Waals surface area contributed by atoms with Gasteiger partial charge < -0.3 is 9.80 Å². The summed E-state index contributed by atoms with van der Waals surface area (Å²) in [7, 11) is -1.48. The Labute approximate surface area is 339 Å². The van der Waals surface area contributed by atoms with Gasteiger partial charge in [0.25, 0.3) is 0 Å². The van der Waals surface area contributed by atoms with Gasteiger partial charge in [-0.3, -0.25) is 9.97 Å². The molecule has 272 valence electrons. The first-order chi connectivity index (χ1) is 28.8. The Hall–Kier alpha value is -6.70. The summed E-state index contributed by atoms with van der Waals surface area (Å²) in [6.07, 6.45) is 3.62. The highest BCUT2D eigenvalue weighted by atomic mass is 31.1. The molecule has 0 atom stereocenters. The van der Waals surface area contributed by atoms with E-state index in [9.17, 15) is 0 Å². The highest BCUT2D eigenvalue weighted by Gasteiger charge is 2.34. The van der Waals surface area contributed by atoms with E-state index in [1.165, 1.54) is 54.6 Å². The molecule has 12 rings (SSSR count). The molecule has 0 amide bonds. The van der Waals surface area contributed by atoms with E-state index < -0.39 is 15.8 Å². The zero-order valence-corrected chi connectivity index (χ0v) is 33.1. The van der Waals surface area contributed by atoms with Gasteiger partial charge in [-0.05, 0) is 85.8 Å². The van der Waals surface area contributed by atoms with E-state index in [0.717, 1.165) is 44.0 Å². The van der Waals surface area contributed by atoms with Gasteiger partial charge in [0.1, 0.15) is 0 Å². The second kappa shape index (κ2) is 13.5.